The SMILES string of the molecule is C[n+]1ccc(-c2ccc(-c3cccc[n+]3C)c[n+]2C)cc1.Cc1ccc(S(=O)(=O)[O-])cc1.Cc1ccc(S(=O)(=O)[O-])cc1.Cc1ccc(S(=O)(=O)[O-])cc1. The lowest BCUT2D eigenvalue weighted by Gasteiger charge is -2.05. The monoisotopic (exact) mass is 791 g/mol. The largest absolute Gasteiger partial charge is 0.744 e. The van der Waals surface area contributed by atoms with Crippen LogP contribution >= 0.6 is 0 Å². The first kappa shape index (κ1) is 43.2. The molecule has 0 bridgehead atoms. The summed E-state index contributed by atoms with van der Waals surface area (Å²) in [7, 11) is -6.62. The highest BCUT2D eigenvalue weighted by molar-refractivity contribution is 7.86. The quantitative estimate of drug-likeness (QED) is 0.183. The number of hydrogen-bond acceptors (Lipinski definition) is 9. The minimum atomic E-state index is -4.27. The molecule has 0 spiro atoms. The predicted octanol–water partition coefficient (Wildman–Crippen LogP) is 4.19. The first-order chi connectivity index (χ1) is 25.1. The molecule has 0 saturated carbocycles. The van der Waals surface area contributed by atoms with Gasteiger partial charge in [-0.1, -0.05) is 53.1 Å². The van der Waals surface area contributed by atoms with Crippen LogP contribution in [0.2, 0.25) is 0 Å². The van der Waals surface area contributed by atoms with Gasteiger partial charge in [0, 0.05) is 30.3 Å². The second-order valence-corrected chi connectivity index (χ2v) is 16.3. The topological polar surface area (TPSA) is 183 Å². The van der Waals surface area contributed by atoms with Gasteiger partial charge in [-0.15, -0.1) is 0 Å². The second kappa shape index (κ2) is 18.7. The molecule has 0 saturated heterocycles. The van der Waals surface area contributed by atoms with Crippen LogP contribution < -0.4 is 13.7 Å². The average Bonchev–Trinajstić information content (AvgIpc) is 3.09. The van der Waals surface area contributed by atoms with Crippen LogP contribution in [0.4, 0.5) is 0 Å². The minimum Gasteiger partial charge on any atom is -0.744 e. The summed E-state index contributed by atoms with van der Waals surface area (Å²) in [5.41, 5.74) is 7.63. The molecule has 0 radical (unpaired) electrons. The molecular formula is C39H41N3O9S3. The van der Waals surface area contributed by atoms with Gasteiger partial charge < -0.3 is 13.7 Å². The van der Waals surface area contributed by atoms with Crippen LogP contribution in [0.5, 0.6) is 0 Å². The van der Waals surface area contributed by atoms with Crippen LogP contribution in [0.3, 0.4) is 0 Å². The number of benzene rings is 3. The van der Waals surface area contributed by atoms with E-state index in [-0.39, 0.29) is 14.7 Å². The fourth-order valence-electron chi connectivity index (χ4n) is 4.67. The number of aromatic nitrogens is 3. The van der Waals surface area contributed by atoms with Crippen LogP contribution in [0.25, 0.3) is 22.5 Å². The maximum atomic E-state index is 10.4. The Morgan fingerprint density at radius 3 is 1.11 bits per heavy atom. The molecule has 12 nitrogen and oxygen atoms in total. The number of aryl methyl sites for hydroxylation is 6. The number of hydrogen-bond donors (Lipinski definition) is 0. The van der Waals surface area contributed by atoms with Crippen LogP contribution in [-0.4, -0.2) is 38.9 Å². The Kier molecular flexibility index (Phi) is 15.0. The van der Waals surface area contributed by atoms with E-state index in [4.69, 9.17) is 0 Å². The number of rotatable bonds is 5. The van der Waals surface area contributed by atoms with Crippen LogP contribution in [0, 0.1) is 20.8 Å². The summed E-state index contributed by atoms with van der Waals surface area (Å²) < 4.78 is 99.9. The first-order valence-corrected chi connectivity index (χ1v) is 20.4. The maximum absolute atomic E-state index is 10.4. The van der Waals surface area contributed by atoms with Gasteiger partial charge in [0.1, 0.15) is 57.1 Å². The average molecular weight is 792 g/mol. The molecule has 0 amide bonds. The van der Waals surface area contributed by atoms with E-state index in [9.17, 15) is 38.9 Å². The van der Waals surface area contributed by atoms with E-state index >= 15 is 0 Å². The van der Waals surface area contributed by atoms with Crippen molar-refractivity contribution in [2.24, 2.45) is 21.1 Å². The van der Waals surface area contributed by atoms with Gasteiger partial charge >= 0.3 is 0 Å². The fourth-order valence-corrected chi connectivity index (χ4v) is 6.08. The standard InChI is InChI=1S/C18H20N3.3C7H8O3S/c1-19-12-9-15(10-13-19)18-8-7-16(14-21(18)3)17-6-4-5-11-20(17)2;3*1-6-2-4-7(5-3-6)11(8,9)10/h4-14H,1-3H3;3*2-5H,1H3,(H,8,9,10)/q+3;;;/p-3. The van der Waals surface area contributed by atoms with Crippen molar-refractivity contribution in [1.82, 2.24) is 0 Å². The van der Waals surface area contributed by atoms with E-state index in [1.165, 1.54) is 58.9 Å². The first-order valence-electron chi connectivity index (χ1n) is 16.1. The van der Waals surface area contributed by atoms with E-state index in [2.05, 4.69) is 84.4 Å². The lowest BCUT2D eigenvalue weighted by atomic mass is 10.1. The smallest absolute Gasteiger partial charge is 0.218 e. The molecule has 6 rings (SSSR count). The zero-order valence-electron chi connectivity index (χ0n) is 30.5. The molecule has 0 aliphatic carbocycles. The predicted molar refractivity (Wildman–Crippen MR) is 198 cm³/mol. The Balaban J connectivity index is 0.000000205. The third kappa shape index (κ3) is 13.7. The van der Waals surface area contributed by atoms with Gasteiger partial charge in [0.05, 0.1) is 20.2 Å². The van der Waals surface area contributed by atoms with Crippen molar-refractivity contribution in [2.75, 3.05) is 0 Å². The van der Waals surface area contributed by atoms with Crippen molar-refractivity contribution in [3.63, 3.8) is 0 Å². The lowest BCUT2D eigenvalue weighted by Crippen LogP contribution is -2.34. The molecule has 0 aliphatic rings. The van der Waals surface area contributed by atoms with Gasteiger partial charge in [0.2, 0.25) is 11.4 Å². The molecule has 0 fully saturated rings. The highest BCUT2D eigenvalue weighted by Crippen LogP contribution is 2.18. The van der Waals surface area contributed by atoms with Gasteiger partial charge in [-0.3, -0.25) is 0 Å². The molecule has 15 heteroatoms. The number of pyridine rings is 3. The normalized spacial score (nSPS) is 11.1. The summed E-state index contributed by atoms with van der Waals surface area (Å²) in [4.78, 5) is -0.533. The molecule has 0 aliphatic heterocycles. The fraction of sp³-hybridized carbons (Fsp3) is 0.154. The number of nitrogens with zero attached hydrogens (tertiary/aromatic N) is 3. The summed E-state index contributed by atoms with van der Waals surface area (Å²) in [6.45, 7) is 5.46. The highest BCUT2D eigenvalue weighted by Gasteiger charge is 2.16. The van der Waals surface area contributed by atoms with Crippen molar-refractivity contribution < 1.29 is 52.6 Å². The van der Waals surface area contributed by atoms with Gasteiger partial charge in [-0.25, -0.2) is 39.0 Å². The van der Waals surface area contributed by atoms with E-state index in [0.29, 0.717) is 0 Å². The van der Waals surface area contributed by atoms with Gasteiger partial charge in [0.25, 0.3) is 0 Å². The van der Waals surface area contributed by atoms with E-state index in [1.54, 1.807) is 36.4 Å². The summed E-state index contributed by atoms with van der Waals surface area (Å²) >= 11 is 0. The van der Waals surface area contributed by atoms with Gasteiger partial charge in [-0.2, -0.15) is 0 Å². The summed E-state index contributed by atoms with van der Waals surface area (Å²) in [6, 6.07) is 32.2. The van der Waals surface area contributed by atoms with Crippen molar-refractivity contribution in [3.8, 4) is 22.5 Å². The summed E-state index contributed by atoms with van der Waals surface area (Å²) in [6.07, 6.45) is 8.39. The van der Waals surface area contributed by atoms with Crippen LogP contribution in [0.1, 0.15) is 16.7 Å². The Morgan fingerprint density at radius 2 is 0.778 bits per heavy atom. The van der Waals surface area contributed by atoms with Gasteiger partial charge in [-0.05, 0) is 69.3 Å². The Hall–Kier alpha value is -5.16. The molecule has 0 atom stereocenters. The molecule has 284 valence electrons. The Bertz CT molecular complexity index is 2320. The Labute approximate surface area is 317 Å². The van der Waals surface area contributed by atoms with Crippen LogP contribution in [0.15, 0.2) is 155 Å². The lowest BCUT2D eigenvalue weighted by molar-refractivity contribution is -0.672. The molecule has 0 unspecified atom stereocenters. The third-order valence-electron chi connectivity index (χ3n) is 7.69. The zero-order valence-corrected chi connectivity index (χ0v) is 33.0. The summed E-state index contributed by atoms with van der Waals surface area (Å²) in [5.74, 6) is 0. The molecule has 6 aromatic rings. The molecule has 0 N–H and O–H groups in total. The summed E-state index contributed by atoms with van der Waals surface area (Å²) in [5, 5.41) is 0. The van der Waals surface area contributed by atoms with Crippen molar-refractivity contribution in [2.45, 2.75) is 35.5 Å². The van der Waals surface area contributed by atoms with E-state index in [1.807, 2.05) is 38.5 Å². The maximum Gasteiger partial charge on any atom is 0.218 e. The molecule has 3 aromatic carbocycles. The van der Waals surface area contributed by atoms with Crippen molar-refractivity contribution in [1.29, 1.82) is 0 Å². The highest BCUT2D eigenvalue weighted by atomic mass is 32.2. The van der Waals surface area contributed by atoms with Gasteiger partial charge in [0.15, 0.2) is 24.8 Å². The molecule has 54 heavy (non-hydrogen) atoms. The molecular weight excluding hydrogens is 751 g/mol. The molecule has 3 heterocycles. The van der Waals surface area contributed by atoms with E-state index in [0.717, 1.165) is 16.7 Å². The van der Waals surface area contributed by atoms with Crippen LogP contribution in [-0.2, 0) is 51.5 Å². The second-order valence-electron chi connectivity index (χ2n) is 12.2. The zero-order chi connectivity index (χ0) is 40.3. The van der Waals surface area contributed by atoms with Crippen molar-refractivity contribution in [3.05, 3.63) is 157 Å². The third-order valence-corrected chi connectivity index (χ3v) is 10.2. The minimum absolute atomic E-state index is 0.178. The van der Waals surface area contributed by atoms with E-state index < -0.39 is 30.4 Å². The Morgan fingerprint density at radius 1 is 0.407 bits per heavy atom. The van der Waals surface area contributed by atoms with Crippen molar-refractivity contribution >= 4 is 30.4 Å². The molecule has 3 aromatic heterocycles.